The third kappa shape index (κ3) is 2.75. The Balaban J connectivity index is 1.79. The fraction of sp³-hybridized carbons (Fsp3) is 1.00. The van der Waals surface area contributed by atoms with Gasteiger partial charge >= 0.3 is 0 Å². The highest BCUT2D eigenvalue weighted by Gasteiger charge is 2.52. The molecule has 2 aliphatic rings. The molecule has 2 aliphatic carbocycles. The topological polar surface area (TPSA) is 29.5 Å². The molecule has 2 unspecified atom stereocenters. The molecule has 18 heavy (non-hydrogen) atoms. The van der Waals surface area contributed by atoms with Gasteiger partial charge in [-0.05, 0) is 31.6 Å². The van der Waals surface area contributed by atoms with Crippen LogP contribution >= 0.6 is 0 Å². The predicted octanol–water partition coefficient (Wildman–Crippen LogP) is 3.91. The van der Waals surface area contributed by atoms with Crippen molar-refractivity contribution < 1.29 is 9.84 Å². The molecule has 2 rings (SSSR count). The van der Waals surface area contributed by atoms with Crippen LogP contribution in [0.4, 0.5) is 0 Å². The lowest BCUT2D eigenvalue weighted by Gasteiger charge is -2.53. The van der Waals surface area contributed by atoms with E-state index in [1.807, 2.05) is 0 Å². The van der Waals surface area contributed by atoms with E-state index in [1.165, 1.54) is 38.5 Å². The second kappa shape index (κ2) is 6.38. The second-order valence-electron chi connectivity index (χ2n) is 6.37. The van der Waals surface area contributed by atoms with Gasteiger partial charge in [-0.25, -0.2) is 0 Å². The normalized spacial score (nSPS) is 32.8. The molecule has 0 heterocycles. The zero-order chi connectivity index (χ0) is 13.0. The molecule has 1 N–H and O–H groups in total. The van der Waals surface area contributed by atoms with Crippen molar-refractivity contribution in [3.8, 4) is 0 Å². The average Bonchev–Trinajstić information content (AvgIpc) is 2.64. The van der Waals surface area contributed by atoms with Gasteiger partial charge in [-0.3, -0.25) is 0 Å². The molecule has 2 atom stereocenters. The second-order valence-corrected chi connectivity index (χ2v) is 6.37. The predicted molar refractivity (Wildman–Crippen MR) is 74.6 cm³/mol. The zero-order valence-electron chi connectivity index (χ0n) is 12.2. The van der Waals surface area contributed by atoms with E-state index >= 15 is 0 Å². The van der Waals surface area contributed by atoms with Gasteiger partial charge in [-0.1, -0.05) is 39.5 Å². The fourth-order valence-electron chi connectivity index (χ4n) is 3.92. The Labute approximate surface area is 112 Å². The van der Waals surface area contributed by atoms with E-state index < -0.39 is 0 Å². The van der Waals surface area contributed by atoms with Crippen LogP contribution in [0, 0.1) is 11.3 Å². The highest BCUT2D eigenvalue weighted by Crippen LogP contribution is 2.49. The van der Waals surface area contributed by atoms with Crippen molar-refractivity contribution in [2.45, 2.75) is 83.8 Å². The minimum absolute atomic E-state index is 0.0602. The van der Waals surface area contributed by atoms with E-state index in [2.05, 4.69) is 13.8 Å². The van der Waals surface area contributed by atoms with Crippen LogP contribution in [0.5, 0.6) is 0 Å². The van der Waals surface area contributed by atoms with Crippen LogP contribution in [0.3, 0.4) is 0 Å². The molecular formula is C16H30O2. The molecule has 2 saturated carbocycles. The summed E-state index contributed by atoms with van der Waals surface area (Å²) in [5.74, 6) is 0.775. The summed E-state index contributed by atoms with van der Waals surface area (Å²) >= 11 is 0. The molecule has 0 bridgehead atoms. The van der Waals surface area contributed by atoms with E-state index in [1.54, 1.807) is 0 Å². The molecule has 0 spiro atoms. The van der Waals surface area contributed by atoms with Gasteiger partial charge in [-0.15, -0.1) is 0 Å². The van der Waals surface area contributed by atoms with E-state index in [4.69, 9.17) is 4.74 Å². The first kappa shape index (κ1) is 14.3. The summed E-state index contributed by atoms with van der Waals surface area (Å²) in [6.07, 6.45) is 11.4. The van der Waals surface area contributed by atoms with Crippen molar-refractivity contribution >= 4 is 0 Å². The molecule has 0 aliphatic heterocycles. The Hall–Kier alpha value is -0.0800. The van der Waals surface area contributed by atoms with Crippen LogP contribution in [0.15, 0.2) is 0 Å². The first-order valence-electron chi connectivity index (χ1n) is 8.02. The summed E-state index contributed by atoms with van der Waals surface area (Å²) in [4.78, 5) is 0. The van der Waals surface area contributed by atoms with Gasteiger partial charge in [0.2, 0.25) is 0 Å². The average molecular weight is 254 g/mol. The van der Waals surface area contributed by atoms with Crippen molar-refractivity contribution in [3.05, 3.63) is 0 Å². The quantitative estimate of drug-likeness (QED) is 0.754. The summed E-state index contributed by atoms with van der Waals surface area (Å²) in [6, 6.07) is 0. The van der Waals surface area contributed by atoms with Gasteiger partial charge in [-0.2, -0.15) is 0 Å². The Morgan fingerprint density at radius 3 is 2.17 bits per heavy atom. The van der Waals surface area contributed by atoms with Gasteiger partial charge in [0, 0.05) is 18.4 Å². The third-order valence-corrected chi connectivity index (χ3v) is 5.57. The minimum Gasteiger partial charge on any atom is -0.392 e. The van der Waals surface area contributed by atoms with Crippen molar-refractivity contribution in [3.63, 3.8) is 0 Å². The molecule has 2 nitrogen and oxygen atoms in total. The first-order valence-corrected chi connectivity index (χ1v) is 8.02. The van der Waals surface area contributed by atoms with E-state index in [-0.39, 0.29) is 11.5 Å². The maximum Gasteiger partial charge on any atom is 0.0680 e. The van der Waals surface area contributed by atoms with Gasteiger partial charge in [0.1, 0.15) is 0 Å². The molecule has 2 heteroatoms. The largest absolute Gasteiger partial charge is 0.392 e. The number of hydrogen-bond acceptors (Lipinski definition) is 2. The SMILES string of the molecule is CCC1(CC)C(O)CC1OCC1CCCCCC1. The van der Waals surface area contributed by atoms with Crippen LogP contribution < -0.4 is 0 Å². The van der Waals surface area contributed by atoms with Crippen molar-refractivity contribution in [1.82, 2.24) is 0 Å². The minimum atomic E-state index is -0.133. The Bertz CT molecular complexity index is 239. The van der Waals surface area contributed by atoms with Crippen molar-refractivity contribution in [2.75, 3.05) is 6.61 Å². The van der Waals surface area contributed by atoms with Crippen LogP contribution in [0.25, 0.3) is 0 Å². The first-order chi connectivity index (χ1) is 8.73. The van der Waals surface area contributed by atoms with Crippen LogP contribution in [0.1, 0.15) is 71.6 Å². The number of ether oxygens (including phenoxy) is 1. The molecule has 0 radical (unpaired) electrons. The summed E-state index contributed by atoms with van der Waals surface area (Å²) in [5.41, 5.74) is 0.0602. The third-order valence-electron chi connectivity index (χ3n) is 5.57. The Morgan fingerprint density at radius 2 is 1.67 bits per heavy atom. The van der Waals surface area contributed by atoms with E-state index in [0.29, 0.717) is 6.10 Å². The highest BCUT2D eigenvalue weighted by molar-refractivity contribution is 5.02. The number of aliphatic hydroxyl groups is 1. The lowest BCUT2D eigenvalue weighted by molar-refractivity contribution is -0.200. The summed E-state index contributed by atoms with van der Waals surface area (Å²) in [7, 11) is 0. The maximum absolute atomic E-state index is 10.0. The fourth-order valence-corrected chi connectivity index (χ4v) is 3.92. The lowest BCUT2D eigenvalue weighted by atomic mass is 9.60. The zero-order valence-corrected chi connectivity index (χ0v) is 12.2. The van der Waals surface area contributed by atoms with Crippen LogP contribution in [-0.4, -0.2) is 23.9 Å². The smallest absolute Gasteiger partial charge is 0.0680 e. The molecule has 0 amide bonds. The number of aliphatic hydroxyl groups excluding tert-OH is 1. The van der Waals surface area contributed by atoms with Crippen molar-refractivity contribution in [1.29, 1.82) is 0 Å². The summed E-state index contributed by atoms with van der Waals surface area (Å²) < 4.78 is 6.18. The molecule has 0 aromatic rings. The molecular weight excluding hydrogens is 224 g/mol. The number of hydrogen-bond donors (Lipinski definition) is 1. The maximum atomic E-state index is 10.0. The van der Waals surface area contributed by atoms with Gasteiger partial charge in [0.05, 0.1) is 12.2 Å². The molecule has 2 fully saturated rings. The molecule has 0 saturated heterocycles. The van der Waals surface area contributed by atoms with E-state index in [0.717, 1.165) is 31.8 Å². The van der Waals surface area contributed by atoms with Crippen molar-refractivity contribution in [2.24, 2.45) is 11.3 Å². The van der Waals surface area contributed by atoms with Gasteiger partial charge < -0.3 is 9.84 Å². The highest BCUT2D eigenvalue weighted by atomic mass is 16.5. The Kier molecular flexibility index (Phi) is 5.08. The van der Waals surface area contributed by atoms with Gasteiger partial charge in [0.15, 0.2) is 0 Å². The summed E-state index contributed by atoms with van der Waals surface area (Å²) in [6.45, 7) is 5.31. The van der Waals surface area contributed by atoms with Gasteiger partial charge in [0.25, 0.3) is 0 Å². The van der Waals surface area contributed by atoms with E-state index in [9.17, 15) is 5.11 Å². The lowest BCUT2D eigenvalue weighted by Crippen LogP contribution is -2.57. The van der Waals surface area contributed by atoms with Crippen LogP contribution in [-0.2, 0) is 4.74 Å². The standard InChI is InChI=1S/C16H30O2/c1-3-16(4-2)14(17)11-15(16)18-12-13-9-7-5-6-8-10-13/h13-15,17H,3-12H2,1-2H3. The molecule has 0 aromatic heterocycles. The number of rotatable bonds is 5. The molecule has 0 aromatic carbocycles. The summed E-state index contributed by atoms with van der Waals surface area (Å²) in [5, 5.41) is 10.0. The monoisotopic (exact) mass is 254 g/mol. The molecule has 106 valence electrons. The Morgan fingerprint density at radius 1 is 1.06 bits per heavy atom. The van der Waals surface area contributed by atoms with Crippen LogP contribution in [0.2, 0.25) is 0 Å².